The van der Waals surface area contributed by atoms with Crippen molar-refractivity contribution >= 4 is 34.4 Å². The molecule has 1 aliphatic rings. The highest BCUT2D eigenvalue weighted by atomic mass is 16.5. The lowest BCUT2D eigenvalue weighted by atomic mass is 9.98. The number of methoxy groups -OCH3 is 2. The van der Waals surface area contributed by atoms with Crippen molar-refractivity contribution in [2.45, 2.75) is 19.8 Å². The normalized spacial score (nSPS) is 18.6. The molecule has 3 rings (SSSR count). The molecule has 30 heavy (non-hydrogen) atoms. The quantitative estimate of drug-likeness (QED) is 0.573. The Hall–Kier alpha value is -3.07. The van der Waals surface area contributed by atoms with Crippen LogP contribution in [-0.4, -0.2) is 63.3 Å². The van der Waals surface area contributed by atoms with E-state index >= 15 is 0 Å². The number of quaternary nitrogens is 1. The summed E-state index contributed by atoms with van der Waals surface area (Å²) >= 11 is 0. The zero-order valence-corrected chi connectivity index (χ0v) is 17.5. The maximum absolute atomic E-state index is 12.8. The van der Waals surface area contributed by atoms with Gasteiger partial charge >= 0.3 is 11.9 Å². The van der Waals surface area contributed by atoms with E-state index in [1.807, 2.05) is 0 Å². The summed E-state index contributed by atoms with van der Waals surface area (Å²) in [7, 11) is 2.81. The van der Waals surface area contributed by atoms with E-state index in [4.69, 9.17) is 14.2 Å². The van der Waals surface area contributed by atoms with Crippen LogP contribution in [0.5, 0.6) is 5.75 Å². The molecule has 0 radical (unpaired) electrons. The van der Waals surface area contributed by atoms with Gasteiger partial charge in [0, 0.05) is 0 Å². The fraction of sp³-hybridized carbons (Fsp3) is 0.476. The largest absolute Gasteiger partial charge is 0.496 e. The minimum atomic E-state index is -0.587. The minimum Gasteiger partial charge on any atom is -0.496 e. The average Bonchev–Trinajstić information content (AvgIpc) is 3.12. The third-order valence-corrected chi connectivity index (χ3v) is 5.31. The highest BCUT2D eigenvalue weighted by Gasteiger charge is 2.31. The number of likely N-dealkylation sites (tertiary alicyclic amines) is 1. The standard InChI is InChI=1S/C21H27N3O6/c1-4-30-20(26)13-7-6-10-24(11-13)12-16(25)23-18-17-14(8-5-9-15(17)28-2)22-19(18)21(27)29-3/h5,8-9,13,22H,4,6-7,10-12H2,1-3H3,(H,23,25)/p+1/t13-/m0/s1. The number of benzene rings is 1. The number of carbonyl (C=O) groups is 3. The average molecular weight is 418 g/mol. The summed E-state index contributed by atoms with van der Waals surface area (Å²) in [5.74, 6) is -0.714. The first-order chi connectivity index (χ1) is 14.5. The molecular weight excluding hydrogens is 390 g/mol. The molecule has 0 saturated carbocycles. The molecule has 2 heterocycles. The number of hydrogen-bond donors (Lipinski definition) is 3. The Kier molecular flexibility index (Phi) is 6.94. The van der Waals surface area contributed by atoms with Crippen LogP contribution in [0.25, 0.3) is 10.9 Å². The van der Waals surface area contributed by atoms with Gasteiger partial charge < -0.3 is 29.4 Å². The SMILES string of the molecule is CCOC(=O)[C@H]1CCC[NH+](CC(=O)Nc2c(C(=O)OC)[nH]c3cccc(OC)c23)C1. The second kappa shape index (κ2) is 9.62. The van der Waals surface area contributed by atoms with E-state index < -0.39 is 5.97 Å². The number of hydrogen-bond acceptors (Lipinski definition) is 6. The molecule has 1 aromatic heterocycles. The van der Waals surface area contributed by atoms with Crippen LogP contribution in [-0.2, 0) is 19.1 Å². The van der Waals surface area contributed by atoms with Gasteiger partial charge in [-0.15, -0.1) is 0 Å². The van der Waals surface area contributed by atoms with Crippen molar-refractivity contribution in [1.82, 2.24) is 4.98 Å². The minimum absolute atomic E-state index is 0.156. The first kappa shape index (κ1) is 21.6. The monoisotopic (exact) mass is 418 g/mol. The van der Waals surface area contributed by atoms with Crippen LogP contribution >= 0.6 is 0 Å². The fourth-order valence-electron chi connectivity index (χ4n) is 3.95. The van der Waals surface area contributed by atoms with E-state index in [0.717, 1.165) is 24.3 Å². The highest BCUT2D eigenvalue weighted by molar-refractivity contribution is 6.13. The maximum atomic E-state index is 12.8. The number of H-pyrrole nitrogens is 1. The van der Waals surface area contributed by atoms with Gasteiger partial charge in [-0.2, -0.15) is 0 Å². The second-order valence-corrected chi connectivity index (χ2v) is 7.27. The molecule has 9 heteroatoms. The summed E-state index contributed by atoms with van der Waals surface area (Å²) < 4.78 is 15.4. The third kappa shape index (κ3) is 4.56. The van der Waals surface area contributed by atoms with E-state index in [9.17, 15) is 14.4 Å². The molecule has 1 amide bonds. The Balaban J connectivity index is 1.79. The van der Waals surface area contributed by atoms with Crippen molar-refractivity contribution in [3.63, 3.8) is 0 Å². The molecule has 1 fully saturated rings. The van der Waals surface area contributed by atoms with Crippen LogP contribution in [0.1, 0.15) is 30.3 Å². The smallest absolute Gasteiger partial charge is 0.356 e. The van der Waals surface area contributed by atoms with Crippen LogP contribution < -0.4 is 15.0 Å². The number of amides is 1. The van der Waals surface area contributed by atoms with Gasteiger partial charge in [-0.25, -0.2) is 4.79 Å². The topological polar surface area (TPSA) is 111 Å². The molecule has 0 bridgehead atoms. The zero-order valence-electron chi connectivity index (χ0n) is 17.5. The van der Waals surface area contributed by atoms with Gasteiger partial charge in [0.1, 0.15) is 17.4 Å². The van der Waals surface area contributed by atoms with Gasteiger partial charge in [-0.3, -0.25) is 9.59 Å². The maximum Gasteiger partial charge on any atom is 0.356 e. The Morgan fingerprint density at radius 1 is 1.27 bits per heavy atom. The number of fused-ring (bicyclic) bond motifs is 1. The third-order valence-electron chi connectivity index (χ3n) is 5.31. The van der Waals surface area contributed by atoms with Crippen molar-refractivity contribution in [3.05, 3.63) is 23.9 Å². The lowest BCUT2D eigenvalue weighted by Crippen LogP contribution is -3.14. The fourth-order valence-corrected chi connectivity index (χ4v) is 3.95. The molecule has 1 saturated heterocycles. The van der Waals surface area contributed by atoms with E-state index in [-0.39, 0.29) is 30.0 Å². The van der Waals surface area contributed by atoms with Gasteiger partial charge in [0.2, 0.25) is 0 Å². The molecule has 0 aliphatic carbocycles. The van der Waals surface area contributed by atoms with Crippen LogP contribution in [0, 0.1) is 5.92 Å². The predicted molar refractivity (Wildman–Crippen MR) is 110 cm³/mol. The Morgan fingerprint density at radius 3 is 2.77 bits per heavy atom. The van der Waals surface area contributed by atoms with Crippen LogP contribution in [0.2, 0.25) is 0 Å². The van der Waals surface area contributed by atoms with Crippen molar-refractivity contribution in [2.75, 3.05) is 45.8 Å². The summed E-state index contributed by atoms with van der Waals surface area (Å²) in [5.41, 5.74) is 1.14. The van der Waals surface area contributed by atoms with Crippen molar-refractivity contribution in [2.24, 2.45) is 5.92 Å². The van der Waals surface area contributed by atoms with Crippen LogP contribution in [0.15, 0.2) is 18.2 Å². The molecule has 1 unspecified atom stereocenters. The number of rotatable bonds is 7. The Labute approximate surface area is 174 Å². The van der Waals surface area contributed by atoms with Gasteiger partial charge in [0.25, 0.3) is 5.91 Å². The molecule has 1 aromatic carbocycles. The van der Waals surface area contributed by atoms with Gasteiger partial charge in [0.05, 0.1) is 50.5 Å². The summed E-state index contributed by atoms with van der Waals surface area (Å²) in [6.45, 7) is 3.66. The van der Waals surface area contributed by atoms with E-state index in [1.54, 1.807) is 25.1 Å². The second-order valence-electron chi connectivity index (χ2n) is 7.27. The first-order valence-electron chi connectivity index (χ1n) is 10.1. The summed E-state index contributed by atoms with van der Waals surface area (Å²) in [6.07, 6.45) is 1.62. The molecule has 2 aromatic rings. The van der Waals surface area contributed by atoms with Gasteiger partial charge in [0.15, 0.2) is 6.54 Å². The van der Waals surface area contributed by atoms with Gasteiger partial charge in [-0.1, -0.05) is 6.07 Å². The molecule has 162 valence electrons. The van der Waals surface area contributed by atoms with Crippen molar-refractivity contribution in [3.8, 4) is 5.75 Å². The molecule has 9 nitrogen and oxygen atoms in total. The number of carbonyl (C=O) groups excluding carboxylic acids is 3. The van der Waals surface area contributed by atoms with Crippen molar-refractivity contribution < 1.29 is 33.5 Å². The predicted octanol–water partition coefficient (Wildman–Crippen LogP) is 0.760. The van der Waals surface area contributed by atoms with Crippen LogP contribution in [0.4, 0.5) is 5.69 Å². The summed E-state index contributed by atoms with van der Waals surface area (Å²) in [4.78, 5) is 41.1. The summed E-state index contributed by atoms with van der Waals surface area (Å²) in [6, 6.07) is 5.34. The Morgan fingerprint density at radius 2 is 2.07 bits per heavy atom. The lowest BCUT2D eigenvalue weighted by molar-refractivity contribution is -0.899. The lowest BCUT2D eigenvalue weighted by Gasteiger charge is -2.28. The van der Waals surface area contributed by atoms with Crippen molar-refractivity contribution in [1.29, 1.82) is 0 Å². The van der Waals surface area contributed by atoms with E-state index in [1.165, 1.54) is 14.2 Å². The number of esters is 2. The first-order valence-corrected chi connectivity index (χ1v) is 10.1. The van der Waals surface area contributed by atoms with E-state index in [2.05, 4.69) is 10.3 Å². The van der Waals surface area contributed by atoms with Crippen LogP contribution in [0.3, 0.4) is 0 Å². The number of piperidine rings is 1. The molecule has 2 atom stereocenters. The molecule has 3 N–H and O–H groups in total. The molecular formula is C21H28N3O6+. The van der Waals surface area contributed by atoms with Gasteiger partial charge in [-0.05, 0) is 31.9 Å². The molecule has 0 spiro atoms. The Bertz CT molecular complexity index is 938. The highest BCUT2D eigenvalue weighted by Crippen LogP contribution is 2.35. The number of aromatic amines is 1. The number of ether oxygens (including phenoxy) is 3. The zero-order chi connectivity index (χ0) is 21.7. The number of aromatic nitrogens is 1. The number of anilines is 1. The van der Waals surface area contributed by atoms with E-state index in [0.29, 0.717) is 35.5 Å². The summed E-state index contributed by atoms with van der Waals surface area (Å²) in [5, 5.41) is 3.46. The molecule has 1 aliphatic heterocycles. The number of nitrogens with one attached hydrogen (secondary N) is 3.